The molecule has 0 spiro atoms. The molecule has 8 nitrogen and oxygen atoms in total. The lowest BCUT2D eigenvalue weighted by atomic mass is 10.1. The van der Waals surface area contributed by atoms with Crippen molar-refractivity contribution in [2.75, 3.05) is 44.2 Å². The molecule has 2 N–H and O–H groups in total. The molecule has 156 valence electrons. The molecule has 4 amide bonds. The molecule has 29 heavy (non-hydrogen) atoms. The number of hydrogen-bond donors (Lipinski definition) is 2. The highest BCUT2D eigenvalue weighted by Gasteiger charge is 2.25. The minimum atomic E-state index is -0.317. The molecule has 2 saturated heterocycles. The fourth-order valence-electron chi connectivity index (χ4n) is 3.12. The quantitative estimate of drug-likeness (QED) is 0.603. The van der Waals surface area contributed by atoms with E-state index in [2.05, 4.69) is 10.6 Å². The zero-order valence-corrected chi connectivity index (χ0v) is 17.6. The van der Waals surface area contributed by atoms with Gasteiger partial charge < -0.3 is 20.4 Å². The van der Waals surface area contributed by atoms with Gasteiger partial charge >= 0.3 is 0 Å². The normalized spacial score (nSPS) is 17.5. The van der Waals surface area contributed by atoms with E-state index in [0.717, 1.165) is 5.56 Å². The Morgan fingerprint density at radius 1 is 0.931 bits per heavy atom. The second kappa shape index (κ2) is 10.5. The second-order valence-electron chi connectivity index (χ2n) is 6.83. The fraction of sp³-hybridized carbons (Fsp3) is 0.474. The molecule has 0 saturated carbocycles. The molecule has 1 aromatic carbocycles. The molecule has 0 aliphatic carbocycles. The van der Waals surface area contributed by atoms with Crippen molar-refractivity contribution in [1.29, 1.82) is 0 Å². The third-order valence-corrected chi connectivity index (χ3v) is 6.38. The molecule has 10 heteroatoms. The molecule has 2 heterocycles. The average Bonchev–Trinajstić information content (AvgIpc) is 3.29. The number of thioether (sulfide) groups is 2. The highest BCUT2D eigenvalue weighted by Crippen LogP contribution is 2.17. The van der Waals surface area contributed by atoms with Crippen molar-refractivity contribution in [2.24, 2.45) is 0 Å². The van der Waals surface area contributed by atoms with E-state index in [4.69, 9.17) is 0 Å². The van der Waals surface area contributed by atoms with E-state index in [1.807, 2.05) is 30.3 Å². The average molecular weight is 437 g/mol. The summed E-state index contributed by atoms with van der Waals surface area (Å²) in [6.45, 7) is 1.43. The minimum Gasteiger partial charge on any atom is -0.352 e. The van der Waals surface area contributed by atoms with Gasteiger partial charge in [-0.15, -0.1) is 0 Å². The van der Waals surface area contributed by atoms with E-state index >= 15 is 0 Å². The van der Waals surface area contributed by atoms with Crippen LogP contribution in [0.25, 0.3) is 0 Å². The first-order valence-corrected chi connectivity index (χ1v) is 11.4. The van der Waals surface area contributed by atoms with Crippen molar-refractivity contribution in [1.82, 2.24) is 20.4 Å². The van der Waals surface area contributed by atoms with Crippen LogP contribution in [-0.4, -0.2) is 82.4 Å². The summed E-state index contributed by atoms with van der Waals surface area (Å²) < 4.78 is 0. The summed E-state index contributed by atoms with van der Waals surface area (Å²) in [7, 11) is 0. The Morgan fingerprint density at radius 2 is 1.52 bits per heavy atom. The van der Waals surface area contributed by atoms with E-state index < -0.39 is 0 Å². The number of nitrogens with zero attached hydrogens (tertiary/aromatic N) is 2. The van der Waals surface area contributed by atoms with Gasteiger partial charge in [0.15, 0.2) is 0 Å². The third-order valence-electron chi connectivity index (χ3n) is 4.59. The topological polar surface area (TPSA) is 98.8 Å². The molecule has 0 unspecified atom stereocenters. The van der Waals surface area contributed by atoms with Crippen LogP contribution in [0.2, 0.25) is 0 Å². The van der Waals surface area contributed by atoms with Gasteiger partial charge in [-0.25, -0.2) is 0 Å². The van der Waals surface area contributed by atoms with Gasteiger partial charge in [0.1, 0.15) is 13.1 Å². The van der Waals surface area contributed by atoms with Crippen molar-refractivity contribution in [3.05, 3.63) is 35.9 Å². The maximum atomic E-state index is 12.4. The summed E-state index contributed by atoms with van der Waals surface area (Å²) in [6.07, 6.45) is 0.550. The standard InChI is InChI=1S/C19H24N4O4S2/c24-16(12-22-6-8-28-18(22)26)20-11-15(10-14-4-2-1-3-5-14)21-17(25)13-23-7-9-29-19(23)27/h1-5,15H,6-13H2,(H,20,24)(H,21,25)/t15-/m1/s1. The SMILES string of the molecule is O=C(CN1CCSC1=O)NC[C@@H](Cc1ccccc1)NC(=O)CN1CCSC1=O. The number of hydrogen-bond acceptors (Lipinski definition) is 6. The number of benzene rings is 1. The molecule has 3 rings (SSSR count). The van der Waals surface area contributed by atoms with Crippen LogP contribution >= 0.6 is 23.5 Å². The van der Waals surface area contributed by atoms with Crippen molar-refractivity contribution in [3.63, 3.8) is 0 Å². The highest BCUT2D eigenvalue weighted by molar-refractivity contribution is 8.14. The summed E-state index contributed by atoms with van der Waals surface area (Å²) in [5.74, 6) is 0.900. The summed E-state index contributed by atoms with van der Waals surface area (Å²) in [4.78, 5) is 51.0. The van der Waals surface area contributed by atoms with Crippen molar-refractivity contribution >= 4 is 45.8 Å². The van der Waals surface area contributed by atoms with Crippen LogP contribution in [0.15, 0.2) is 30.3 Å². The summed E-state index contributed by atoms with van der Waals surface area (Å²) in [6, 6.07) is 9.36. The first-order chi connectivity index (χ1) is 14.0. The molecule has 2 aliphatic rings. The number of carbonyl (C=O) groups is 4. The van der Waals surface area contributed by atoms with Crippen LogP contribution in [0.4, 0.5) is 9.59 Å². The molecule has 1 aromatic rings. The fourth-order valence-corrected chi connectivity index (χ4v) is 4.77. The van der Waals surface area contributed by atoms with Crippen molar-refractivity contribution < 1.29 is 19.2 Å². The van der Waals surface area contributed by atoms with Gasteiger partial charge in [0.25, 0.3) is 10.5 Å². The first-order valence-electron chi connectivity index (χ1n) is 9.44. The Balaban J connectivity index is 1.53. The van der Waals surface area contributed by atoms with Crippen molar-refractivity contribution in [3.8, 4) is 0 Å². The Kier molecular flexibility index (Phi) is 7.82. The number of rotatable bonds is 9. The van der Waals surface area contributed by atoms with Gasteiger partial charge in [-0.2, -0.15) is 0 Å². The Hall–Kier alpha value is -2.20. The Morgan fingerprint density at radius 3 is 2.07 bits per heavy atom. The molecular weight excluding hydrogens is 412 g/mol. The van der Waals surface area contributed by atoms with Gasteiger partial charge in [0.05, 0.1) is 6.04 Å². The number of nitrogens with one attached hydrogen (secondary N) is 2. The number of amides is 4. The van der Waals surface area contributed by atoms with Crippen LogP contribution in [0.5, 0.6) is 0 Å². The minimum absolute atomic E-state index is 0.0184. The predicted molar refractivity (Wildman–Crippen MR) is 114 cm³/mol. The first kappa shape index (κ1) is 21.5. The smallest absolute Gasteiger partial charge is 0.282 e. The van der Waals surface area contributed by atoms with E-state index in [0.29, 0.717) is 31.0 Å². The molecule has 2 fully saturated rings. The maximum absolute atomic E-state index is 12.4. The van der Waals surface area contributed by atoms with Gasteiger partial charge in [-0.1, -0.05) is 53.9 Å². The van der Waals surface area contributed by atoms with Gasteiger partial charge in [-0.3, -0.25) is 19.2 Å². The van der Waals surface area contributed by atoms with Gasteiger partial charge in [-0.05, 0) is 12.0 Å². The van der Waals surface area contributed by atoms with Crippen LogP contribution in [-0.2, 0) is 16.0 Å². The molecule has 1 atom stereocenters. The lowest BCUT2D eigenvalue weighted by molar-refractivity contribution is -0.124. The molecule has 0 aromatic heterocycles. The van der Waals surface area contributed by atoms with Crippen LogP contribution in [0, 0.1) is 0 Å². The lowest BCUT2D eigenvalue weighted by Gasteiger charge is -2.22. The molecule has 2 aliphatic heterocycles. The van der Waals surface area contributed by atoms with E-state index in [9.17, 15) is 19.2 Å². The monoisotopic (exact) mass is 436 g/mol. The second-order valence-corrected chi connectivity index (χ2v) is 8.92. The van der Waals surface area contributed by atoms with Crippen molar-refractivity contribution in [2.45, 2.75) is 12.5 Å². The molecule has 0 bridgehead atoms. The van der Waals surface area contributed by atoms with E-state index in [1.165, 1.54) is 33.3 Å². The van der Waals surface area contributed by atoms with Crippen LogP contribution in [0.1, 0.15) is 5.56 Å². The largest absolute Gasteiger partial charge is 0.352 e. The highest BCUT2D eigenvalue weighted by atomic mass is 32.2. The number of carbonyl (C=O) groups excluding carboxylic acids is 4. The third kappa shape index (κ3) is 6.67. The zero-order chi connectivity index (χ0) is 20.6. The van der Waals surface area contributed by atoms with Crippen LogP contribution < -0.4 is 10.6 Å². The van der Waals surface area contributed by atoms with Crippen LogP contribution in [0.3, 0.4) is 0 Å². The van der Waals surface area contributed by atoms with Gasteiger partial charge in [0, 0.05) is 31.1 Å². The molecule has 0 radical (unpaired) electrons. The maximum Gasteiger partial charge on any atom is 0.282 e. The predicted octanol–water partition coefficient (Wildman–Crippen LogP) is 1.17. The van der Waals surface area contributed by atoms with Gasteiger partial charge in [0.2, 0.25) is 11.8 Å². The van der Waals surface area contributed by atoms with E-state index in [-0.39, 0.29) is 48.0 Å². The Bertz CT molecular complexity index is 762. The zero-order valence-electron chi connectivity index (χ0n) is 16.0. The molecular formula is C19H24N4O4S2. The lowest BCUT2D eigenvalue weighted by Crippen LogP contribution is -2.49. The Labute approximate surface area is 178 Å². The summed E-state index contributed by atoms with van der Waals surface area (Å²) in [5, 5.41) is 5.58. The summed E-state index contributed by atoms with van der Waals surface area (Å²) >= 11 is 2.43. The van der Waals surface area contributed by atoms with E-state index in [1.54, 1.807) is 0 Å². The summed E-state index contributed by atoms with van der Waals surface area (Å²) in [5.41, 5.74) is 1.03.